The van der Waals surface area contributed by atoms with Crippen LogP contribution in [0.1, 0.15) is 0 Å². The molecule has 0 aromatic heterocycles. The molecule has 0 saturated carbocycles. The smallest absolute Gasteiger partial charge is 0.119 e. The zero-order valence-corrected chi connectivity index (χ0v) is 8.89. The van der Waals surface area contributed by atoms with Gasteiger partial charge in [-0.1, -0.05) is 18.2 Å². The molecule has 0 bridgehead atoms. The number of benzene rings is 1. The Morgan fingerprint density at radius 2 is 1.87 bits per heavy atom. The van der Waals surface area contributed by atoms with Crippen molar-refractivity contribution in [2.24, 2.45) is 0 Å². The third-order valence-corrected chi connectivity index (χ3v) is 2.52. The molecule has 0 radical (unpaired) electrons. The molecule has 0 aliphatic carbocycles. The molecule has 1 aromatic rings. The predicted octanol–water partition coefficient (Wildman–Crippen LogP) is 1.40. The van der Waals surface area contributed by atoms with E-state index < -0.39 is 0 Å². The van der Waals surface area contributed by atoms with E-state index in [1.165, 1.54) is 0 Å². The maximum atomic E-state index is 5.63. The summed E-state index contributed by atoms with van der Waals surface area (Å²) in [6.45, 7) is 5.50. The number of hydrogen-bond donors (Lipinski definition) is 0. The van der Waals surface area contributed by atoms with E-state index in [2.05, 4.69) is 4.90 Å². The van der Waals surface area contributed by atoms with E-state index in [-0.39, 0.29) is 0 Å². The van der Waals surface area contributed by atoms with Crippen molar-refractivity contribution >= 4 is 0 Å². The summed E-state index contributed by atoms with van der Waals surface area (Å²) in [7, 11) is 0. The Kier molecular flexibility index (Phi) is 4.00. The van der Waals surface area contributed by atoms with Crippen LogP contribution in [0.5, 0.6) is 5.75 Å². The highest BCUT2D eigenvalue weighted by Crippen LogP contribution is 2.08. The Morgan fingerprint density at radius 1 is 1.13 bits per heavy atom. The second-order valence-electron chi connectivity index (χ2n) is 3.62. The van der Waals surface area contributed by atoms with Crippen LogP contribution >= 0.6 is 0 Å². The van der Waals surface area contributed by atoms with Gasteiger partial charge >= 0.3 is 0 Å². The van der Waals surface area contributed by atoms with E-state index in [0.29, 0.717) is 0 Å². The molecule has 0 spiro atoms. The minimum absolute atomic E-state index is 0.754. The predicted molar refractivity (Wildman–Crippen MR) is 59.2 cm³/mol. The van der Waals surface area contributed by atoms with Crippen molar-refractivity contribution in [3.05, 3.63) is 30.3 Å². The summed E-state index contributed by atoms with van der Waals surface area (Å²) in [5, 5.41) is 0. The van der Waals surface area contributed by atoms with Gasteiger partial charge in [0.25, 0.3) is 0 Å². The van der Waals surface area contributed by atoms with Gasteiger partial charge in [0.1, 0.15) is 12.4 Å². The van der Waals surface area contributed by atoms with Crippen molar-refractivity contribution in [1.29, 1.82) is 0 Å². The highest BCUT2D eigenvalue weighted by molar-refractivity contribution is 5.20. The van der Waals surface area contributed by atoms with Crippen molar-refractivity contribution in [2.75, 3.05) is 39.5 Å². The van der Waals surface area contributed by atoms with Crippen LogP contribution in [-0.4, -0.2) is 44.4 Å². The number of hydrogen-bond acceptors (Lipinski definition) is 3. The number of para-hydroxylation sites is 1. The molecule has 0 atom stereocenters. The zero-order chi connectivity index (χ0) is 10.3. The molecule has 1 heterocycles. The van der Waals surface area contributed by atoms with Crippen LogP contribution in [0.2, 0.25) is 0 Å². The van der Waals surface area contributed by atoms with Gasteiger partial charge in [-0.15, -0.1) is 0 Å². The molecule has 0 unspecified atom stereocenters. The molecular weight excluding hydrogens is 190 g/mol. The first-order valence-corrected chi connectivity index (χ1v) is 5.43. The molecule has 1 aromatic carbocycles. The SMILES string of the molecule is c1ccc(OCCN2CCOCC2)cc1. The third-order valence-electron chi connectivity index (χ3n) is 2.52. The van der Waals surface area contributed by atoms with Crippen molar-refractivity contribution < 1.29 is 9.47 Å². The Bertz CT molecular complexity index is 270. The lowest BCUT2D eigenvalue weighted by molar-refractivity contribution is 0.0322. The average Bonchev–Trinajstić information content (AvgIpc) is 2.32. The van der Waals surface area contributed by atoms with E-state index in [1.54, 1.807) is 0 Å². The second kappa shape index (κ2) is 5.73. The highest BCUT2D eigenvalue weighted by atomic mass is 16.5. The summed E-state index contributed by atoms with van der Waals surface area (Å²) >= 11 is 0. The monoisotopic (exact) mass is 207 g/mol. The summed E-state index contributed by atoms with van der Waals surface area (Å²) < 4.78 is 10.9. The van der Waals surface area contributed by atoms with Gasteiger partial charge in [0.05, 0.1) is 13.2 Å². The molecule has 3 nitrogen and oxygen atoms in total. The van der Waals surface area contributed by atoms with Crippen LogP contribution in [0.25, 0.3) is 0 Å². The van der Waals surface area contributed by atoms with Gasteiger partial charge in [-0.2, -0.15) is 0 Å². The van der Waals surface area contributed by atoms with E-state index in [9.17, 15) is 0 Å². The van der Waals surface area contributed by atoms with Crippen molar-refractivity contribution in [2.45, 2.75) is 0 Å². The lowest BCUT2D eigenvalue weighted by atomic mass is 10.3. The summed E-state index contributed by atoms with van der Waals surface area (Å²) in [4.78, 5) is 2.37. The third kappa shape index (κ3) is 3.53. The lowest BCUT2D eigenvalue weighted by Gasteiger charge is -2.26. The Morgan fingerprint density at radius 3 is 2.60 bits per heavy atom. The lowest BCUT2D eigenvalue weighted by Crippen LogP contribution is -2.38. The normalized spacial score (nSPS) is 17.6. The minimum Gasteiger partial charge on any atom is -0.492 e. The number of nitrogens with zero attached hydrogens (tertiary/aromatic N) is 1. The average molecular weight is 207 g/mol. The molecule has 1 aliphatic heterocycles. The Balaban J connectivity index is 1.66. The molecule has 1 fully saturated rings. The molecule has 2 rings (SSSR count). The maximum Gasteiger partial charge on any atom is 0.119 e. The quantitative estimate of drug-likeness (QED) is 0.745. The van der Waals surface area contributed by atoms with Gasteiger partial charge in [0.15, 0.2) is 0 Å². The molecule has 0 N–H and O–H groups in total. The zero-order valence-electron chi connectivity index (χ0n) is 8.89. The first kappa shape index (κ1) is 10.5. The van der Waals surface area contributed by atoms with Gasteiger partial charge in [0.2, 0.25) is 0 Å². The van der Waals surface area contributed by atoms with E-state index in [1.807, 2.05) is 30.3 Å². The second-order valence-corrected chi connectivity index (χ2v) is 3.62. The highest BCUT2D eigenvalue weighted by Gasteiger charge is 2.09. The van der Waals surface area contributed by atoms with Crippen LogP contribution in [0, 0.1) is 0 Å². The number of rotatable bonds is 4. The van der Waals surface area contributed by atoms with E-state index >= 15 is 0 Å². The van der Waals surface area contributed by atoms with Crippen molar-refractivity contribution in [3.63, 3.8) is 0 Å². The molecule has 82 valence electrons. The molecular formula is C12H17NO2. The minimum atomic E-state index is 0.754. The van der Waals surface area contributed by atoms with Crippen LogP contribution in [0.3, 0.4) is 0 Å². The first-order valence-electron chi connectivity index (χ1n) is 5.43. The van der Waals surface area contributed by atoms with Gasteiger partial charge in [-0.25, -0.2) is 0 Å². The fourth-order valence-corrected chi connectivity index (χ4v) is 1.63. The fraction of sp³-hybridized carbons (Fsp3) is 0.500. The van der Waals surface area contributed by atoms with E-state index in [0.717, 1.165) is 45.2 Å². The Labute approximate surface area is 90.6 Å². The molecule has 1 saturated heterocycles. The molecule has 15 heavy (non-hydrogen) atoms. The standard InChI is InChI=1S/C12H17NO2/c1-2-4-12(5-3-1)15-11-8-13-6-9-14-10-7-13/h1-5H,6-11H2. The Hall–Kier alpha value is -1.06. The molecule has 1 aliphatic rings. The van der Waals surface area contributed by atoms with Gasteiger partial charge in [-0.3, -0.25) is 4.90 Å². The van der Waals surface area contributed by atoms with Crippen molar-refractivity contribution in [3.8, 4) is 5.75 Å². The first-order chi connectivity index (χ1) is 7.45. The maximum absolute atomic E-state index is 5.63. The number of ether oxygens (including phenoxy) is 2. The summed E-state index contributed by atoms with van der Waals surface area (Å²) in [6.07, 6.45) is 0. The topological polar surface area (TPSA) is 21.7 Å². The fourth-order valence-electron chi connectivity index (χ4n) is 1.63. The van der Waals surface area contributed by atoms with E-state index in [4.69, 9.17) is 9.47 Å². The largest absolute Gasteiger partial charge is 0.492 e. The summed E-state index contributed by atoms with van der Waals surface area (Å²) in [5.41, 5.74) is 0. The molecule has 0 amide bonds. The van der Waals surface area contributed by atoms with Gasteiger partial charge in [-0.05, 0) is 12.1 Å². The summed E-state index contributed by atoms with van der Waals surface area (Å²) in [6, 6.07) is 9.95. The van der Waals surface area contributed by atoms with Crippen molar-refractivity contribution in [1.82, 2.24) is 4.90 Å². The molecule has 3 heteroatoms. The van der Waals surface area contributed by atoms with Gasteiger partial charge < -0.3 is 9.47 Å². The number of morpholine rings is 1. The summed E-state index contributed by atoms with van der Waals surface area (Å²) in [5.74, 6) is 0.950. The van der Waals surface area contributed by atoms with Crippen LogP contribution < -0.4 is 4.74 Å². The van der Waals surface area contributed by atoms with Crippen LogP contribution in [-0.2, 0) is 4.74 Å². The van der Waals surface area contributed by atoms with Crippen LogP contribution in [0.15, 0.2) is 30.3 Å². The van der Waals surface area contributed by atoms with Gasteiger partial charge in [0, 0.05) is 19.6 Å². The van der Waals surface area contributed by atoms with Crippen LogP contribution in [0.4, 0.5) is 0 Å².